The molecule has 0 amide bonds. The number of hydrogen-bond donors (Lipinski definition) is 1. The molecule has 1 nitrogen and oxygen atoms in total. The monoisotopic (exact) mass is 159 g/mol. The molecule has 0 radical (unpaired) electrons. The van der Waals surface area contributed by atoms with Gasteiger partial charge in [0.05, 0.1) is 0 Å². The lowest BCUT2D eigenvalue weighted by Crippen LogP contribution is -2.20. The minimum absolute atomic E-state index is 0.469. The summed E-state index contributed by atoms with van der Waals surface area (Å²) in [5, 5.41) is 3.19. The van der Waals surface area contributed by atoms with Gasteiger partial charge in [0.2, 0.25) is 0 Å². The number of halogens is 1. The van der Waals surface area contributed by atoms with E-state index in [4.69, 9.17) is 0 Å². The lowest BCUT2D eigenvalue weighted by Gasteiger charge is -2.07. The molecule has 0 aromatic heterocycles. The van der Waals surface area contributed by atoms with Gasteiger partial charge in [0, 0.05) is 12.6 Å². The quantitative estimate of drug-likeness (QED) is 0.620. The molecule has 1 aliphatic heterocycles. The number of alkyl halides is 1. The van der Waals surface area contributed by atoms with E-state index in [1.54, 1.807) is 0 Å². The van der Waals surface area contributed by atoms with Crippen LogP contribution in [0.1, 0.15) is 39.0 Å². The van der Waals surface area contributed by atoms with Crippen molar-refractivity contribution in [3.63, 3.8) is 0 Å². The van der Waals surface area contributed by atoms with Crippen molar-refractivity contribution in [3.05, 3.63) is 0 Å². The van der Waals surface area contributed by atoms with Crippen LogP contribution in [-0.4, -0.2) is 18.8 Å². The lowest BCUT2D eigenvalue weighted by atomic mass is 10.1. The standard InChI is InChI=1S/C9H18FN/c1-2-3-4-5-9-6-8(10)7-11-9/h8-9,11H,2-7H2,1H3. The largest absolute Gasteiger partial charge is 0.311 e. The first-order chi connectivity index (χ1) is 5.33. The highest BCUT2D eigenvalue weighted by molar-refractivity contribution is 4.80. The second-order valence-electron chi connectivity index (χ2n) is 3.43. The molecule has 0 spiro atoms. The van der Waals surface area contributed by atoms with Crippen LogP contribution in [-0.2, 0) is 0 Å². The molecule has 2 atom stereocenters. The van der Waals surface area contributed by atoms with Crippen LogP contribution >= 0.6 is 0 Å². The van der Waals surface area contributed by atoms with Gasteiger partial charge < -0.3 is 5.32 Å². The van der Waals surface area contributed by atoms with Gasteiger partial charge >= 0.3 is 0 Å². The number of unbranched alkanes of at least 4 members (excludes halogenated alkanes) is 2. The molecule has 11 heavy (non-hydrogen) atoms. The van der Waals surface area contributed by atoms with E-state index in [0.29, 0.717) is 12.6 Å². The van der Waals surface area contributed by atoms with E-state index in [0.717, 1.165) is 12.8 Å². The maximum absolute atomic E-state index is 12.6. The summed E-state index contributed by atoms with van der Waals surface area (Å²) in [6.45, 7) is 2.77. The second-order valence-corrected chi connectivity index (χ2v) is 3.43. The Bertz CT molecular complexity index is 106. The summed E-state index contributed by atoms with van der Waals surface area (Å²) in [5.41, 5.74) is 0. The van der Waals surface area contributed by atoms with E-state index < -0.39 is 6.17 Å². The maximum Gasteiger partial charge on any atom is 0.114 e. The molecule has 2 heteroatoms. The predicted molar refractivity (Wildman–Crippen MR) is 45.4 cm³/mol. The number of rotatable bonds is 4. The smallest absolute Gasteiger partial charge is 0.114 e. The Morgan fingerprint density at radius 2 is 2.27 bits per heavy atom. The molecule has 1 N–H and O–H groups in total. The van der Waals surface area contributed by atoms with Crippen LogP contribution < -0.4 is 5.32 Å². The van der Waals surface area contributed by atoms with E-state index in [9.17, 15) is 4.39 Å². The summed E-state index contributed by atoms with van der Waals surface area (Å²) in [5.74, 6) is 0. The van der Waals surface area contributed by atoms with Crippen LogP contribution in [0.5, 0.6) is 0 Å². The highest BCUT2D eigenvalue weighted by atomic mass is 19.1. The molecule has 0 saturated carbocycles. The van der Waals surface area contributed by atoms with Crippen LogP contribution in [0.3, 0.4) is 0 Å². The van der Waals surface area contributed by atoms with Crippen LogP contribution in [0.2, 0.25) is 0 Å². The summed E-state index contributed by atoms with van der Waals surface area (Å²) < 4.78 is 12.6. The average Bonchev–Trinajstić information content (AvgIpc) is 2.37. The van der Waals surface area contributed by atoms with Gasteiger partial charge in [0.1, 0.15) is 6.17 Å². The Labute approximate surface area is 68.4 Å². The molecule has 66 valence electrons. The third-order valence-electron chi connectivity index (χ3n) is 2.32. The second kappa shape index (κ2) is 4.70. The molecule has 1 rings (SSSR count). The van der Waals surface area contributed by atoms with Crippen LogP contribution in [0, 0.1) is 0 Å². The van der Waals surface area contributed by atoms with Gasteiger partial charge in [0.15, 0.2) is 0 Å². The zero-order valence-corrected chi connectivity index (χ0v) is 7.28. The molecule has 1 heterocycles. The molecule has 2 unspecified atom stereocenters. The third-order valence-corrected chi connectivity index (χ3v) is 2.32. The average molecular weight is 159 g/mol. The first kappa shape index (κ1) is 8.98. The van der Waals surface area contributed by atoms with Crippen LogP contribution in [0.15, 0.2) is 0 Å². The van der Waals surface area contributed by atoms with Crippen LogP contribution in [0.25, 0.3) is 0 Å². The number of nitrogens with one attached hydrogen (secondary N) is 1. The van der Waals surface area contributed by atoms with Gasteiger partial charge in [0.25, 0.3) is 0 Å². The van der Waals surface area contributed by atoms with Gasteiger partial charge in [-0.05, 0) is 12.8 Å². The highest BCUT2D eigenvalue weighted by Gasteiger charge is 2.22. The van der Waals surface area contributed by atoms with Gasteiger partial charge in [-0.1, -0.05) is 26.2 Å². The predicted octanol–water partition coefficient (Wildman–Crippen LogP) is 2.27. The molecule has 0 aromatic rings. The highest BCUT2D eigenvalue weighted by Crippen LogP contribution is 2.15. The Hall–Kier alpha value is -0.110. The van der Waals surface area contributed by atoms with E-state index in [1.165, 1.54) is 19.3 Å². The molecule has 1 saturated heterocycles. The Morgan fingerprint density at radius 1 is 1.45 bits per heavy atom. The first-order valence-corrected chi connectivity index (χ1v) is 4.70. The molecule has 1 fully saturated rings. The number of hydrogen-bond acceptors (Lipinski definition) is 1. The fourth-order valence-electron chi connectivity index (χ4n) is 1.63. The van der Waals surface area contributed by atoms with Gasteiger partial charge in [-0.15, -0.1) is 0 Å². The first-order valence-electron chi connectivity index (χ1n) is 4.70. The minimum atomic E-state index is -0.582. The maximum atomic E-state index is 12.6. The van der Waals surface area contributed by atoms with E-state index in [1.807, 2.05) is 0 Å². The summed E-state index contributed by atoms with van der Waals surface area (Å²) in [6, 6.07) is 0.469. The zero-order chi connectivity index (χ0) is 8.10. The van der Waals surface area contributed by atoms with Crippen molar-refractivity contribution in [1.29, 1.82) is 0 Å². The topological polar surface area (TPSA) is 12.0 Å². The fourth-order valence-corrected chi connectivity index (χ4v) is 1.63. The van der Waals surface area contributed by atoms with E-state index >= 15 is 0 Å². The molecular formula is C9H18FN. The lowest BCUT2D eigenvalue weighted by molar-refractivity contribution is 0.352. The van der Waals surface area contributed by atoms with Crippen molar-refractivity contribution in [3.8, 4) is 0 Å². The zero-order valence-electron chi connectivity index (χ0n) is 7.28. The fraction of sp³-hybridized carbons (Fsp3) is 1.00. The molecule has 1 aliphatic rings. The van der Waals surface area contributed by atoms with E-state index in [-0.39, 0.29) is 0 Å². The van der Waals surface area contributed by atoms with E-state index in [2.05, 4.69) is 12.2 Å². The van der Waals surface area contributed by atoms with Crippen molar-refractivity contribution < 1.29 is 4.39 Å². The summed E-state index contributed by atoms with van der Waals surface area (Å²) in [4.78, 5) is 0. The van der Waals surface area contributed by atoms with Gasteiger partial charge in [-0.3, -0.25) is 0 Å². The Kier molecular flexibility index (Phi) is 3.84. The van der Waals surface area contributed by atoms with Crippen molar-refractivity contribution in [2.24, 2.45) is 0 Å². The van der Waals surface area contributed by atoms with Crippen molar-refractivity contribution >= 4 is 0 Å². The van der Waals surface area contributed by atoms with Crippen molar-refractivity contribution in [1.82, 2.24) is 5.32 Å². The summed E-state index contributed by atoms with van der Waals surface area (Å²) in [6.07, 6.45) is 5.11. The Morgan fingerprint density at radius 3 is 2.82 bits per heavy atom. The SMILES string of the molecule is CCCCCC1CC(F)CN1. The Balaban J connectivity index is 1.99. The minimum Gasteiger partial charge on any atom is -0.311 e. The van der Waals surface area contributed by atoms with Crippen LogP contribution in [0.4, 0.5) is 4.39 Å². The normalized spacial score (nSPS) is 31.1. The van der Waals surface area contributed by atoms with Gasteiger partial charge in [-0.25, -0.2) is 4.39 Å². The van der Waals surface area contributed by atoms with Crippen molar-refractivity contribution in [2.45, 2.75) is 51.2 Å². The van der Waals surface area contributed by atoms with Gasteiger partial charge in [-0.2, -0.15) is 0 Å². The molecule has 0 bridgehead atoms. The third kappa shape index (κ3) is 3.19. The molecule has 0 aromatic carbocycles. The summed E-state index contributed by atoms with van der Waals surface area (Å²) >= 11 is 0. The molecular weight excluding hydrogens is 141 g/mol. The summed E-state index contributed by atoms with van der Waals surface area (Å²) in [7, 11) is 0. The van der Waals surface area contributed by atoms with Crippen molar-refractivity contribution in [2.75, 3.05) is 6.54 Å². The molecule has 0 aliphatic carbocycles.